The molecule has 0 radical (unpaired) electrons. The average Bonchev–Trinajstić information content (AvgIpc) is 2.65. The fourth-order valence-electron chi connectivity index (χ4n) is 6.82. The second kappa shape index (κ2) is 6.16. The first-order valence-corrected chi connectivity index (χ1v) is 10.7. The highest BCUT2D eigenvalue weighted by Crippen LogP contribution is 2.64. The lowest BCUT2D eigenvalue weighted by Crippen LogP contribution is -2.59. The summed E-state index contributed by atoms with van der Waals surface area (Å²) >= 11 is 6.97. The van der Waals surface area contributed by atoms with Gasteiger partial charge in [-0.2, -0.15) is 0 Å². The lowest BCUT2D eigenvalue weighted by molar-refractivity contribution is -0.152. The first kappa shape index (κ1) is 18.4. The Kier molecular flexibility index (Phi) is 4.04. The molecule has 1 aromatic rings. The van der Waals surface area contributed by atoms with E-state index < -0.39 is 0 Å². The van der Waals surface area contributed by atoms with Crippen LogP contribution >= 0.6 is 11.6 Å². The second-order valence-corrected chi connectivity index (χ2v) is 10.2. The maximum absolute atomic E-state index is 13.8. The van der Waals surface area contributed by atoms with Gasteiger partial charge < -0.3 is 14.4 Å². The summed E-state index contributed by atoms with van der Waals surface area (Å²) in [5.74, 6) is 2.86. The quantitative estimate of drug-likeness (QED) is 0.693. The van der Waals surface area contributed by atoms with Gasteiger partial charge in [0.25, 0.3) is 0 Å². The van der Waals surface area contributed by atoms with Crippen molar-refractivity contribution >= 4 is 23.2 Å². The lowest BCUT2D eigenvalue weighted by Gasteiger charge is -2.60. The zero-order chi connectivity index (χ0) is 19.7. The Hall–Kier alpha value is -1.68. The molecule has 1 amide bonds. The Balaban J connectivity index is 1.47. The molecule has 4 bridgehead atoms. The molecule has 0 N–H and O–H groups in total. The molecule has 4 aliphatic carbocycles. The highest BCUT2D eigenvalue weighted by Gasteiger charge is 2.61. The zero-order valence-corrected chi connectivity index (χ0v) is 17.5. The van der Waals surface area contributed by atoms with Crippen LogP contribution in [0.5, 0.6) is 11.5 Å². The van der Waals surface area contributed by atoms with Crippen LogP contribution in [0, 0.1) is 17.3 Å². The van der Waals surface area contributed by atoms with Crippen molar-refractivity contribution in [3.63, 3.8) is 0 Å². The van der Waals surface area contributed by atoms with Crippen LogP contribution in [-0.4, -0.2) is 36.4 Å². The van der Waals surface area contributed by atoms with Gasteiger partial charge in [0, 0.05) is 22.7 Å². The van der Waals surface area contributed by atoms with Crippen LogP contribution in [0.2, 0.25) is 0 Å². The predicted molar refractivity (Wildman–Crippen MR) is 110 cm³/mol. The number of alkyl halides is 1. The maximum Gasteiger partial charge on any atom is 0.233 e. The molecule has 1 aromatic carbocycles. The average molecular weight is 402 g/mol. The summed E-state index contributed by atoms with van der Waals surface area (Å²) in [4.78, 5) is 15.6. The van der Waals surface area contributed by atoms with Crippen molar-refractivity contribution in [1.82, 2.24) is 4.90 Å². The fraction of sp³-hybridized carbons (Fsp3) is 0.609. The van der Waals surface area contributed by atoms with E-state index in [0.717, 1.165) is 61.1 Å². The van der Waals surface area contributed by atoms with E-state index in [4.69, 9.17) is 21.1 Å². The topological polar surface area (TPSA) is 38.8 Å². The molecule has 5 aliphatic rings. The first-order chi connectivity index (χ1) is 13.4. The molecule has 4 saturated carbocycles. The van der Waals surface area contributed by atoms with Crippen molar-refractivity contribution in [2.24, 2.45) is 17.3 Å². The molecule has 1 aliphatic heterocycles. The van der Waals surface area contributed by atoms with Crippen LogP contribution < -0.4 is 9.47 Å². The first-order valence-electron chi connectivity index (χ1n) is 10.3. The number of carbonyl (C=O) groups is 1. The number of rotatable bonds is 3. The van der Waals surface area contributed by atoms with Gasteiger partial charge in [-0.3, -0.25) is 4.79 Å². The van der Waals surface area contributed by atoms with E-state index in [1.165, 1.54) is 6.42 Å². The largest absolute Gasteiger partial charge is 0.493 e. The number of halogens is 1. The molecule has 6 rings (SSSR count). The molecule has 0 unspecified atom stereocenters. The third kappa shape index (κ3) is 2.60. The molecule has 2 atom stereocenters. The Labute approximate surface area is 171 Å². The molecular weight excluding hydrogens is 374 g/mol. The molecule has 28 heavy (non-hydrogen) atoms. The number of carbonyl (C=O) groups excluding carboxylic acids is 1. The van der Waals surface area contributed by atoms with Crippen LogP contribution in [-0.2, 0) is 11.2 Å². The van der Waals surface area contributed by atoms with E-state index in [1.807, 2.05) is 17.0 Å². The van der Waals surface area contributed by atoms with Crippen molar-refractivity contribution < 1.29 is 14.3 Å². The van der Waals surface area contributed by atoms with Crippen LogP contribution in [0.15, 0.2) is 18.7 Å². The third-order valence-corrected chi connectivity index (χ3v) is 7.98. The van der Waals surface area contributed by atoms with Gasteiger partial charge in [0.15, 0.2) is 11.5 Å². The van der Waals surface area contributed by atoms with Gasteiger partial charge in [0.2, 0.25) is 5.91 Å². The van der Waals surface area contributed by atoms with Gasteiger partial charge in [-0.05, 0) is 74.5 Å². The molecule has 0 spiro atoms. The van der Waals surface area contributed by atoms with Crippen molar-refractivity contribution in [1.29, 1.82) is 0 Å². The van der Waals surface area contributed by atoms with Gasteiger partial charge in [-0.15, -0.1) is 11.6 Å². The van der Waals surface area contributed by atoms with Crippen molar-refractivity contribution in [3.05, 3.63) is 29.8 Å². The summed E-state index contributed by atoms with van der Waals surface area (Å²) in [5, 5.41) is 0. The molecular formula is C23H28ClNO3. The van der Waals surface area contributed by atoms with Gasteiger partial charge in [-0.25, -0.2) is 0 Å². The molecule has 0 aromatic heterocycles. The minimum atomic E-state index is -0.289. The summed E-state index contributed by atoms with van der Waals surface area (Å²) in [5.41, 5.74) is 2.64. The minimum absolute atomic E-state index is 0.161. The number of benzene rings is 1. The molecule has 4 fully saturated rings. The van der Waals surface area contributed by atoms with Crippen LogP contribution in [0.3, 0.4) is 0 Å². The fourth-order valence-corrected chi connectivity index (χ4v) is 7.51. The molecule has 1 heterocycles. The number of nitrogens with zero attached hydrogens (tertiary/aromatic N) is 1. The van der Waals surface area contributed by atoms with Crippen LogP contribution in [0.25, 0.3) is 5.70 Å². The second-order valence-electron chi connectivity index (χ2n) is 9.41. The van der Waals surface area contributed by atoms with Gasteiger partial charge in [-0.1, -0.05) is 6.58 Å². The van der Waals surface area contributed by atoms with Crippen molar-refractivity contribution in [2.75, 3.05) is 20.8 Å². The zero-order valence-electron chi connectivity index (χ0n) is 16.7. The Morgan fingerprint density at radius 2 is 1.79 bits per heavy atom. The van der Waals surface area contributed by atoms with Gasteiger partial charge in [0.05, 0.1) is 19.6 Å². The lowest BCUT2D eigenvalue weighted by atomic mass is 9.49. The Morgan fingerprint density at radius 3 is 2.39 bits per heavy atom. The van der Waals surface area contributed by atoms with E-state index in [2.05, 4.69) is 6.58 Å². The summed E-state index contributed by atoms with van der Waals surface area (Å²) < 4.78 is 10.9. The van der Waals surface area contributed by atoms with Crippen LogP contribution in [0.4, 0.5) is 0 Å². The normalized spacial score (nSPS) is 35.7. The van der Waals surface area contributed by atoms with Gasteiger partial charge >= 0.3 is 0 Å². The number of hydrogen-bond acceptors (Lipinski definition) is 3. The Bertz CT molecular complexity index is 850. The summed E-state index contributed by atoms with van der Waals surface area (Å²) in [6.07, 6.45) is 7.05. The summed E-state index contributed by atoms with van der Waals surface area (Å²) in [6.45, 7) is 4.98. The van der Waals surface area contributed by atoms with Crippen molar-refractivity contribution in [3.8, 4) is 11.5 Å². The van der Waals surface area contributed by atoms with E-state index in [-0.39, 0.29) is 16.2 Å². The standard InChI is InChI=1S/C23H28ClNO3/c1-14-18-8-20(28-3)19(27-2)7-17(18)4-5-25(14)21(26)22-9-15-6-16(10-22)12-23(24,11-15)13-22/h7-8,15-16H,1,4-6,9-13H2,2-3H3/t15-,16-,22?,23?/m0/s1. The number of ether oxygens (including phenoxy) is 2. The highest BCUT2D eigenvalue weighted by molar-refractivity contribution is 6.24. The summed E-state index contributed by atoms with van der Waals surface area (Å²) in [6, 6.07) is 3.97. The SMILES string of the molecule is C=C1c2cc(OC)c(OC)cc2CCN1C(=O)C12C[C@@H]3C[C@H](CC(Cl)(C3)C1)C2. The molecule has 150 valence electrons. The smallest absolute Gasteiger partial charge is 0.233 e. The predicted octanol–water partition coefficient (Wildman–Crippen LogP) is 4.64. The van der Waals surface area contributed by atoms with Gasteiger partial charge in [0.1, 0.15) is 0 Å². The van der Waals surface area contributed by atoms with Crippen LogP contribution in [0.1, 0.15) is 49.7 Å². The third-order valence-electron chi connectivity index (χ3n) is 7.54. The maximum atomic E-state index is 13.8. The monoisotopic (exact) mass is 401 g/mol. The molecule has 5 heteroatoms. The molecule has 0 saturated heterocycles. The number of methoxy groups -OCH3 is 2. The van der Waals surface area contributed by atoms with E-state index >= 15 is 0 Å². The minimum Gasteiger partial charge on any atom is -0.493 e. The van der Waals surface area contributed by atoms with E-state index in [1.54, 1.807) is 14.2 Å². The molecule has 4 nitrogen and oxygen atoms in total. The highest BCUT2D eigenvalue weighted by atomic mass is 35.5. The van der Waals surface area contributed by atoms with E-state index in [0.29, 0.717) is 24.1 Å². The van der Waals surface area contributed by atoms with E-state index in [9.17, 15) is 4.79 Å². The Morgan fingerprint density at radius 1 is 1.14 bits per heavy atom. The number of hydrogen-bond donors (Lipinski definition) is 0. The summed E-state index contributed by atoms with van der Waals surface area (Å²) in [7, 11) is 3.28. The number of amides is 1. The number of fused-ring (bicyclic) bond motifs is 1. The van der Waals surface area contributed by atoms with Crippen molar-refractivity contribution in [2.45, 2.75) is 49.8 Å².